The van der Waals surface area contributed by atoms with Crippen molar-refractivity contribution in [3.8, 4) is 0 Å². The monoisotopic (exact) mass is 511 g/mol. The number of nitrogens with zero attached hydrogens (tertiary/aromatic N) is 4. The van der Waals surface area contributed by atoms with Gasteiger partial charge < -0.3 is 5.32 Å². The zero-order valence-corrected chi connectivity index (χ0v) is 22.3. The van der Waals surface area contributed by atoms with Crippen molar-refractivity contribution in [3.63, 3.8) is 0 Å². The number of carbonyl (C=O) groups excluding carboxylic acids is 1. The van der Waals surface area contributed by atoms with E-state index in [0.717, 1.165) is 49.2 Å². The molecule has 1 unspecified atom stereocenters. The Bertz CT molecular complexity index is 1330. The molecule has 0 bridgehead atoms. The molecule has 0 spiro atoms. The highest BCUT2D eigenvalue weighted by atomic mass is 32.1. The fraction of sp³-hybridized carbons (Fsp3) is 0.333. The fourth-order valence-corrected chi connectivity index (χ4v) is 5.87. The van der Waals surface area contributed by atoms with Gasteiger partial charge in [-0.1, -0.05) is 30.3 Å². The standard InChI is InChI=1S/C30H33N5OS/c1-21-11-14-32-22(2)28(21)30(36)34-17-23-6-3-7-24(16-23)19-35(15-12-26-18-31-20-37-26)27-10-4-8-25-9-5-13-33-29(25)27/h3,5-7,9,11,13-14,16,18,20,27H,4,8,10,12,15,17,19H2,1-2H3,(H,34,36). The van der Waals surface area contributed by atoms with E-state index in [0.29, 0.717) is 18.2 Å². The van der Waals surface area contributed by atoms with E-state index in [9.17, 15) is 4.79 Å². The quantitative estimate of drug-likeness (QED) is 0.317. The number of fused-ring (bicyclic) bond motifs is 1. The van der Waals surface area contributed by atoms with Gasteiger partial charge in [0.2, 0.25) is 0 Å². The maximum absolute atomic E-state index is 12.9. The number of aryl methyl sites for hydroxylation is 3. The van der Waals surface area contributed by atoms with Gasteiger partial charge in [-0.05, 0) is 73.9 Å². The third-order valence-corrected chi connectivity index (χ3v) is 7.98. The largest absolute Gasteiger partial charge is 0.348 e. The topological polar surface area (TPSA) is 71.0 Å². The Balaban J connectivity index is 1.32. The van der Waals surface area contributed by atoms with Crippen LogP contribution in [0.3, 0.4) is 0 Å². The van der Waals surface area contributed by atoms with E-state index in [1.165, 1.54) is 28.1 Å². The molecule has 0 saturated carbocycles. The third-order valence-electron chi connectivity index (χ3n) is 7.14. The Labute approximate surface area is 222 Å². The number of aromatic nitrogens is 3. The highest BCUT2D eigenvalue weighted by molar-refractivity contribution is 7.09. The Morgan fingerprint density at radius 2 is 2.00 bits per heavy atom. The summed E-state index contributed by atoms with van der Waals surface area (Å²) in [5.41, 5.74) is 9.20. The van der Waals surface area contributed by atoms with Crippen LogP contribution < -0.4 is 5.32 Å². The molecule has 1 aliphatic carbocycles. The number of benzene rings is 1. The van der Waals surface area contributed by atoms with Crippen LogP contribution in [0.5, 0.6) is 0 Å². The van der Waals surface area contributed by atoms with E-state index in [1.54, 1.807) is 17.5 Å². The number of amides is 1. The lowest BCUT2D eigenvalue weighted by molar-refractivity contribution is 0.0949. The van der Waals surface area contributed by atoms with Crippen LogP contribution in [0.15, 0.2) is 66.6 Å². The Morgan fingerprint density at radius 1 is 1.11 bits per heavy atom. The van der Waals surface area contributed by atoms with Gasteiger partial charge in [0.05, 0.1) is 28.5 Å². The van der Waals surface area contributed by atoms with E-state index in [-0.39, 0.29) is 5.91 Å². The van der Waals surface area contributed by atoms with E-state index in [1.807, 2.05) is 37.8 Å². The number of pyridine rings is 2. The maximum Gasteiger partial charge on any atom is 0.253 e. The molecule has 5 rings (SSSR count). The van der Waals surface area contributed by atoms with Crippen LogP contribution in [-0.2, 0) is 25.9 Å². The summed E-state index contributed by atoms with van der Waals surface area (Å²) in [4.78, 5) is 30.1. The summed E-state index contributed by atoms with van der Waals surface area (Å²) in [6.45, 7) is 6.09. The molecular formula is C30H33N5OS. The highest BCUT2D eigenvalue weighted by Crippen LogP contribution is 2.34. The SMILES string of the molecule is Cc1ccnc(C)c1C(=O)NCc1cccc(CN(CCc2cncs2)C2CCCc3cccnc32)c1. The van der Waals surface area contributed by atoms with E-state index in [2.05, 4.69) is 56.6 Å². The van der Waals surface area contributed by atoms with Crippen LogP contribution in [0, 0.1) is 13.8 Å². The molecule has 1 atom stereocenters. The average Bonchev–Trinajstić information content (AvgIpc) is 3.43. The first-order chi connectivity index (χ1) is 18.1. The molecule has 4 aromatic rings. The lowest BCUT2D eigenvalue weighted by Crippen LogP contribution is -2.33. The number of thiazole rings is 1. The number of nitrogens with one attached hydrogen (secondary N) is 1. The molecule has 1 N–H and O–H groups in total. The summed E-state index contributed by atoms with van der Waals surface area (Å²) >= 11 is 1.72. The van der Waals surface area contributed by atoms with Crippen molar-refractivity contribution in [2.24, 2.45) is 0 Å². The number of hydrogen-bond donors (Lipinski definition) is 1. The van der Waals surface area contributed by atoms with Crippen LogP contribution in [0.25, 0.3) is 0 Å². The lowest BCUT2D eigenvalue weighted by atomic mass is 9.90. The minimum absolute atomic E-state index is 0.0791. The van der Waals surface area contributed by atoms with Crippen molar-refractivity contribution in [2.75, 3.05) is 6.54 Å². The zero-order chi connectivity index (χ0) is 25.6. The van der Waals surface area contributed by atoms with Crippen molar-refractivity contribution >= 4 is 17.2 Å². The smallest absolute Gasteiger partial charge is 0.253 e. The summed E-state index contributed by atoms with van der Waals surface area (Å²) in [5, 5.41) is 3.09. The van der Waals surface area contributed by atoms with Gasteiger partial charge in [0, 0.05) is 43.1 Å². The first-order valence-electron chi connectivity index (χ1n) is 12.9. The second-order valence-corrected chi connectivity index (χ2v) is 10.7. The summed E-state index contributed by atoms with van der Waals surface area (Å²) < 4.78 is 0. The summed E-state index contributed by atoms with van der Waals surface area (Å²) in [6.07, 6.45) is 10.0. The lowest BCUT2D eigenvalue weighted by Gasteiger charge is -2.35. The van der Waals surface area contributed by atoms with Gasteiger partial charge in [-0.2, -0.15) is 0 Å². The van der Waals surface area contributed by atoms with Gasteiger partial charge in [-0.15, -0.1) is 11.3 Å². The van der Waals surface area contributed by atoms with Crippen molar-refractivity contribution < 1.29 is 4.79 Å². The summed E-state index contributed by atoms with van der Waals surface area (Å²) in [5.74, 6) is -0.0791. The zero-order valence-electron chi connectivity index (χ0n) is 21.5. The van der Waals surface area contributed by atoms with Crippen molar-refractivity contribution in [2.45, 2.75) is 58.7 Å². The molecule has 0 fully saturated rings. The number of carbonyl (C=O) groups is 1. The molecule has 3 heterocycles. The molecule has 0 aliphatic heterocycles. The minimum atomic E-state index is -0.0791. The molecule has 6 nitrogen and oxygen atoms in total. The van der Waals surface area contributed by atoms with Gasteiger partial charge in [0.25, 0.3) is 5.91 Å². The first kappa shape index (κ1) is 25.2. The predicted molar refractivity (Wildman–Crippen MR) is 147 cm³/mol. The number of hydrogen-bond acceptors (Lipinski definition) is 6. The van der Waals surface area contributed by atoms with Crippen LogP contribution in [0.1, 0.15) is 67.8 Å². The molecule has 190 valence electrons. The van der Waals surface area contributed by atoms with Gasteiger partial charge in [0.1, 0.15) is 0 Å². The summed E-state index contributed by atoms with van der Waals surface area (Å²) in [7, 11) is 0. The van der Waals surface area contributed by atoms with Crippen molar-refractivity contribution in [1.29, 1.82) is 0 Å². The Morgan fingerprint density at radius 3 is 2.84 bits per heavy atom. The number of rotatable bonds is 9. The van der Waals surface area contributed by atoms with Crippen LogP contribution in [0.2, 0.25) is 0 Å². The molecule has 1 amide bonds. The average molecular weight is 512 g/mol. The van der Waals surface area contributed by atoms with Crippen molar-refractivity contribution in [3.05, 3.63) is 111 Å². The Kier molecular flexibility index (Phi) is 8.02. The predicted octanol–water partition coefficient (Wildman–Crippen LogP) is 5.60. The van der Waals surface area contributed by atoms with Crippen molar-refractivity contribution in [1.82, 2.24) is 25.2 Å². The van der Waals surface area contributed by atoms with Crippen LogP contribution >= 0.6 is 11.3 Å². The first-order valence-corrected chi connectivity index (χ1v) is 13.8. The Hall–Kier alpha value is -3.42. The van der Waals surface area contributed by atoms with Gasteiger partial charge >= 0.3 is 0 Å². The molecule has 0 radical (unpaired) electrons. The molecule has 3 aromatic heterocycles. The molecule has 7 heteroatoms. The fourth-order valence-electron chi connectivity index (χ4n) is 5.29. The highest BCUT2D eigenvalue weighted by Gasteiger charge is 2.27. The molecular weight excluding hydrogens is 478 g/mol. The van der Waals surface area contributed by atoms with E-state index < -0.39 is 0 Å². The van der Waals surface area contributed by atoms with Gasteiger partial charge in [0.15, 0.2) is 0 Å². The third kappa shape index (κ3) is 6.12. The maximum atomic E-state index is 12.9. The molecule has 0 saturated heterocycles. The van der Waals surface area contributed by atoms with E-state index >= 15 is 0 Å². The van der Waals surface area contributed by atoms with Gasteiger partial charge in [-0.25, -0.2) is 0 Å². The summed E-state index contributed by atoms with van der Waals surface area (Å²) in [6, 6.07) is 15.0. The van der Waals surface area contributed by atoms with Crippen LogP contribution in [-0.4, -0.2) is 32.3 Å². The molecule has 37 heavy (non-hydrogen) atoms. The van der Waals surface area contributed by atoms with Crippen LogP contribution in [0.4, 0.5) is 0 Å². The van der Waals surface area contributed by atoms with Gasteiger partial charge in [-0.3, -0.25) is 24.6 Å². The normalized spacial score (nSPS) is 14.9. The minimum Gasteiger partial charge on any atom is -0.348 e. The molecule has 1 aliphatic rings. The van der Waals surface area contributed by atoms with E-state index in [4.69, 9.17) is 4.98 Å². The second kappa shape index (κ2) is 11.8. The molecule has 1 aromatic carbocycles. The second-order valence-electron chi connectivity index (χ2n) is 9.73.